The smallest absolute Gasteiger partial charge is 0.267 e. The molecule has 0 fully saturated rings. The van der Waals surface area contributed by atoms with E-state index in [1.54, 1.807) is 0 Å². The van der Waals surface area contributed by atoms with E-state index in [-0.39, 0.29) is 5.91 Å². The monoisotopic (exact) mass is 334 g/mol. The number of benzene rings is 1. The average molecular weight is 335 g/mol. The molecule has 0 saturated heterocycles. The molecule has 1 amide bonds. The molecule has 0 radical (unpaired) electrons. The summed E-state index contributed by atoms with van der Waals surface area (Å²) in [6.07, 6.45) is 0. The van der Waals surface area contributed by atoms with Crippen LogP contribution in [0.3, 0.4) is 0 Å². The summed E-state index contributed by atoms with van der Waals surface area (Å²) in [4.78, 5) is 18.3. The molecule has 3 nitrogen and oxygen atoms in total. The van der Waals surface area contributed by atoms with Gasteiger partial charge in [0.1, 0.15) is 0 Å². The third-order valence-corrected chi connectivity index (χ3v) is 4.93. The fraction of sp³-hybridized carbons (Fsp3) is 0.0667. The second-order valence-corrected chi connectivity index (χ2v) is 6.94. The fourth-order valence-corrected chi connectivity index (χ4v) is 3.54. The summed E-state index contributed by atoms with van der Waals surface area (Å²) in [5, 5.41) is 5.92. The number of thiazole rings is 1. The van der Waals surface area contributed by atoms with Crippen molar-refractivity contribution in [3.05, 3.63) is 56.6 Å². The lowest BCUT2D eigenvalue weighted by Gasteiger charge is -2.00. The first-order valence-corrected chi connectivity index (χ1v) is 8.29. The first-order chi connectivity index (χ1) is 10.1. The second-order valence-electron chi connectivity index (χ2n) is 4.38. The zero-order valence-corrected chi connectivity index (χ0v) is 13.5. The van der Waals surface area contributed by atoms with Crippen molar-refractivity contribution in [1.29, 1.82) is 0 Å². The number of hydrogen-bond donors (Lipinski definition) is 1. The summed E-state index contributed by atoms with van der Waals surface area (Å²) in [5.41, 5.74) is 1.63. The zero-order valence-electron chi connectivity index (χ0n) is 11.1. The Labute approximate surface area is 135 Å². The lowest BCUT2D eigenvalue weighted by Crippen LogP contribution is -2.09. The quantitative estimate of drug-likeness (QED) is 0.725. The maximum absolute atomic E-state index is 12.1. The summed E-state index contributed by atoms with van der Waals surface area (Å²) in [5.74, 6) is -0.131. The van der Waals surface area contributed by atoms with Gasteiger partial charge in [-0.3, -0.25) is 10.1 Å². The molecule has 0 aliphatic heterocycles. The van der Waals surface area contributed by atoms with Gasteiger partial charge in [0.05, 0.1) is 10.6 Å². The Morgan fingerprint density at radius 3 is 2.76 bits per heavy atom. The van der Waals surface area contributed by atoms with Crippen LogP contribution in [-0.2, 0) is 0 Å². The maximum atomic E-state index is 12.1. The number of halogens is 1. The van der Waals surface area contributed by atoms with E-state index in [9.17, 15) is 4.79 Å². The molecule has 0 unspecified atom stereocenters. The fourth-order valence-electron chi connectivity index (χ4n) is 1.84. The standard InChI is InChI=1S/C15H11ClN2OS2/c1-9-6-7-13(21-9)14(19)18-15-17-12(8-20-15)10-4-2-3-5-11(10)16/h2-8H,1H3,(H,17,18,19). The highest BCUT2D eigenvalue weighted by Gasteiger charge is 2.12. The topological polar surface area (TPSA) is 42.0 Å². The second kappa shape index (κ2) is 5.97. The summed E-state index contributed by atoms with van der Waals surface area (Å²) in [7, 11) is 0. The normalized spacial score (nSPS) is 10.6. The summed E-state index contributed by atoms with van der Waals surface area (Å²) >= 11 is 9.00. The van der Waals surface area contributed by atoms with Crippen molar-refractivity contribution in [2.45, 2.75) is 6.92 Å². The van der Waals surface area contributed by atoms with Crippen molar-refractivity contribution in [2.24, 2.45) is 0 Å². The Morgan fingerprint density at radius 1 is 1.24 bits per heavy atom. The Balaban J connectivity index is 1.80. The Morgan fingerprint density at radius 2 is 2.05 bits per heavy atom. The first kappa shape index (κ1) is 14.3. The van der Waals surface area contributed by atoms with E-state index < -0.39 is 0 Å². The van der Waals surface area contributed by atoms with Crippen molar-refractivity contribution in [2.75, 3.05) is 5.32 Å². The number of aryl methyl sites for hydroxylation is 1. The van der Waals surface area contributed by atoms with Crippen molar-refractivity contribution in [3.63, 3.8) is 0 Å². The maximum Gasteiger partial charge on any atom is 0.267 e. The molecular weight excluding hydrogens is 324 g/mol. The summed E-state index contributed by atoms with van der Waals surface area (Å²) in [6.45, 7) is 1.97. The third kappa shape index (κ3) is 3.15. The van der Waals surface area contributed by atoms with E-state index in [0.29, 0.717) is 15.0 Å². The van der Waals surface area contributed by atoms with Crippen LogP contribution in [0.15, 0.2) is 41.8 Å². The zero-order chi connectivity index (χ0) is 14.8. The molecule has 2 aromatic heterocycles. The number of aromatic nitrogens is 1. The number of thiophene rings is 1. The lowest BCUT2D eigenvalue weighted by atomic mass is 10.2. The largest absolute Gasteiger partial charge is 0.297 e. The Bertz CT molecular complexity index is 794. The minimum atomic E-state index is -0.131. The number of rotatable bonds is 3. The van der Waals surface area contributed by atoms with Crippen LogP contribution in [0.2, 0.25) is 5.02 Å². The summed E-state index contributed by atoms with van der Waals surface area (Å²) in [6, 6.07) is 11.3. The van der Waals surface area contributed by atoms with Crippen LogP contribution < -0.4 is 5.32 Å². The van der Waals surface area contributed by atoms with Gasteiger partial charge in [0.15, 0.2) is 5.13 Å². The van der Waals surface area contributed by atoms with Crippen molar-refractivity contribution >= 4 is 45.3 Å². The molecule has 0 aliphatic carbocycles. The first-order valence-electron chi connectivity index (χ1n) is 6.22. The predicted molar refractivity (Wildman–Crippen MR) is 89.6 cm³/mol. The number of nitrogens with zero attached hydrogens (tertiary/aromatic N) is 1. The molecular formula is C15H11ClN2OS2. The van der Waals surface area contributed by atoms with Gasteiger partial charge in [0.2, 0.25) is 0 Å². The van der Waals surface area contributed by atoms with Crippen molar-refractivity contribution in [3.8, 4) is 11.3 Å². The van der Waals surface area contributed by atoms with Gasteiger partial charge in [-0.05, 0) is 25.1 Å². The molecule has 0 aliphatic rings. The van der Waals surface area contributed by atoms with Gasteiger partial charge in [-0.2, -0.15) is 0 Å². The molecule has 3 rings (SSSR count). The van der Waals surface area contributed by atoms with Gasteiger partial charge < -0.3 is 0 Å². The SMILES string of the molecule is Cc1ccc(C(=O)Nc2nc(-c3ccccc3Cl)cs2)s1. The molecule has 106 valence electrons. The molecule has 1 aromatic carbocycles. The minimum absolute atomic E-state index is 0.131. The third-order valence-electron chi connectivity index (χ3n) is 2.84. The molecule has 2 heterocycles. The predicted octanol–water partition coefficient (Wildman–Crippen LogP) is 5.09. The van der Waals surface area contributed by atoms with Crippen LogP contribution in [0.1, 0.15) is 14.5 Å². The van der Waals surface area contributed by atoms with Crippen LogP contribution in [0.4, 0.5) is 5.13 Å². The average Bonchev–Trinajstić information content (AvgIpc) is 3.08. The van der Waals surface area contributed by atoms with E-state index in [1.165, 1.54) is 22.7 Å². The van der Waals surface area contributed by atoms with Gasteiger partial charge in [-0.25, -0.2) is 4.98 Å². The number of nitrogens with one attached hydrogen (secondary N) is 1. The Kier molecular flexibility index (Phi) is 4.05. The number of amides is 1. The number of carbonyl (C=O) groups is 1. The number of carbonyl (C=O) groups excluding carboxylic acids is 1. The van der Waals surface area contributed by atoms with Gasteiger partial charge in [0.25, 0.3) is 5.91 Å². The summed E-state index contributed by atoms with van der Waals surface area (Å²) < 4.78 is 0. The lowest BCUT2D eigenvalue weighted by molar-refractivity contribution is 0.103. The minimum Gasteiger partial charge on any atom is -0.297 e. The van der Waals surface area contributed by atoms with E-state index in [4.69, 9.17) is 11.6 Å². The van der Waals surface area contributed by atoms with Crippen LogP contribution in [-0.4, -0.2) is 10.9 Å². The number of hydrogen-bond acceptors (Lipinski definition) is 4. The van der Waals surface area contributed by atoms with Gasteiger partial charge >= 0.3 is 0 Å². The molecule has 21 heavy (non-hydrogen) atoms. The molecule has 1 N–H and O–H groups in total. The van der Waals surface area contributed by atoms with Gasteiger partial charge in [0, 0.05) is 20.8 Å². The van der Waals surface area contributed by atoms with Gasteiger partial charge in [-0.1, -0.05) is 29.8 Å². The molecule has 0 spiro atoms. The van der Waals surface area contributed by atoms with Crippen molar-refractivity contribution < 1.29 is 4.79 Å². The van der Waals surface area contributed by atoms with E-state index in [1.807, 2.05) is 48.7 Å². The van der Waals surface area contributed by atoms with E-state index in [0.717, 1.165) is 16.1 Å². The van der Waals surface area contributed by atoms with E-state index in [2.05, 4.69) is 10.3 Å². The van der Waals surface area contributed by atoms with Crippen LogP contribution in [0, 0.1) is 6.92 Å². The molecule has 0 saturated carbocycles. The van der Waals surface area contributed by atoms with Crippen LogP contribution in [0.5, 0.6) is 0 Å². The van der Waals surface area contributed by atoms with Crippen molar-refractivity contribution in [1.82, 2.24) is 4.98 Å². The highest BCUT2D eigenvalue weighted by molar-refractivity contribution is 7.15. The highest BCUT2D eigenvalue weighted by Crippen LogP contribution is 2.30. The van der Waals surface area contributed by atoms with Crippen LogP contribution >= 0.6 is 34.3 Å². The molecule has 0 atom stereocenters. The Hall–Kier alpha value is -1.69. The highest BCUT2D eigenvalue weighted by atomic mass is 35.5. The van der Waals surface area contributed by atoms with Gasteiger partial charge in [-0.15, -0.1) is 22.7 Å². The van der Waals surface area contributed by atoms with Crippen LogP contribution in [0.25, 0.3) is 11.3 Å². The molecule has 3 aromatic rings. The molecule has 6 heteroatoms. The number of anilines is 1. The molecule has 0 bridgehead atoms. The van der Waals surface area contributed by atoms with E-state index >= 15 is 0 Å².